The van der Waals surface area contributed by atoms with Gasteiger partial charge in [0.2, 0.25) is 0 Å². The average Bonchev–Trinajstić information content (AvgIpc) is 3.03. The van der Waals surface area contributed by atoms with Crippen LogP contribution in [0.4, 0.5) is 13.2 Å². The maximum atomic E-state index is 12.6. The van der Waals surface area contributed by atoms with E-state index in [0.29, 0.717) is 12.5 Å². The number of aromatic nitrogens is 2. The van der Waals surface area contributed by atoms with Crippen LogP contribution in [0.2, 0.25) is 0 Å². The molecule has 1 heterocycles. The Morgan fingerprint density at radius 1 is 1.00 bits per heavy atom. The zero-order chi connectivity index (χ0) is 18.0. The lowest BCUT2D eigenvalue weighted by molar-refractivity contribution is -0.137. The molecule has 5 heteroatoms. The number of rotatable bonds is 4. The minimum atomic E-state index is -4.31. The first kappa shape index (κ1) is 17.3. The van der Waals surface area contributed by atoms with Gasteiger partial charge in [-0.3, -0.25) is 4.68 Å². The molecule has 1 aromatic heterocycles. The van der Waals surface area contributed by atoms with Crippen molar-refractivity contribution in [2.24, 2.45) is 0 Å². The summed E-state index contributed by atoms with van der Waals surface area (Å²) in [6.45, 7) is 4.68. The van der Waals surface area contributed by atoms with E-state index in [1.807, 2.05) is 12.1 Å². The molecule has 0 saturated carbocycles. The van der Waals surface area contributed by atoms with Crippen molar-refractivity contribution in [1.29, 1.82) is 0 Å². The Labute approximate surface area is 144 Å². The fourth-order valence-electron chi connectivity index (χ4n) is 2.56. The first-order valence-corrected chi connectivity index (χ1v) is 8.04. The smallest absolute Gasteiger partial charge is 0.267 e. The van der Waals surface area contributed by atoms with E-state index in [1.54, 1.807) is 10.9 Å². The molecule has 2 aromatic carbocycles. The van der Waals surface area contributed by atoms with Crippen LogP contribution >= 0.6 is 0 Å². The molecule has 0 spiro atoms. The molecule has 0 atom stereocenters. The molecule has 1 radical (unpaired) electrons. The first-order valence-electron chi connectivity index (χ1n) is 8.04. The number of benzene rings is 2. The second-order valence-electron chi connectivity index (χ2n) is 6.29. The zero-order valence-corrected chi connectivity index (χ0v) is 14.0. The molecule has 0 saturated heterocycles. The third-order valence-electron chi connectivity index (χ3n) is 4.06. The summed E-state index contributed by atoms with van der Waals surface area (Å²) in [7, 11) is 0. The number of hydrogen-bond donors (Lipinski definition) is 0. The average molecular weight is 343 g/mol. The van der Waals surface area contributed by atoms with E-state index < -0.39 is 11.7 Å². The SMILES string of the molecule is CC(C)c1ccc(-c2[c]cn(Cc3ccc(C(F)(F)F)cc3)n2)cc1. The van der Waals surface area contributed by atoms with Gasteiger partial charge in [0, 0.05) is 17.8 Å². The van der Waals surface area contributed by atoms with Crippen LogP contribution in [-0.4, -0.2) is 9.78 Å². The summed E-state index contributed by atoms with van der Waals surface area (Å²) in [6.07, 6.45) is -2.60. The standard InChI is InChI=1S/C20H18F3N2/c1-14(2)16-5-7-17(8-6-16)19-11-12-25(24-19)13-15-3-9-18(10-4-15)20(21,22)23/h3-10,12,14H,13H2,1-2H3. The Hall–Kier alpha value is -2.56. The summed E-state index contributed by atoms with van der Waals surface area (Å²) in [5.41, 5.74) is 3.06. The van der Waals surface area contributed by atoms with Crippen LogP contribution in [0.1, 0.15) is 36.5 Å². The molecule has 0 bridgehead atoms. The lowest BCUT2D eigenvalue weighted by Gasteiger charge is -2.08. The van der Waals surface area contributed by atoms with Gasteiger partial charge >= 0.3 is 6.18 Å². The number of hydrogen-bond acceptors (Lipinski definition) is 1. The molecule has 25 heavy (non-hydrogen) atoms. The third kappa shape index (κ3) is 4.10. The molecule has 0 fully saturated rings. The van der Waals surface area contributed by atoms with Crippen molar-refractivity contribution in [1.82, 2.24) is 9.78 Å². The molecule has 0 unspecified atom stereocenters. The summed E-state index contributed by atoms with van der Waals surface area (Å²) in [6, 6.07) is 16.4. The van der Waals surface area contributed by atoms with Gasteiger partial charge in [-0.2, -0.15) is 18.3 Å². The Balaban J connectivity index is 1.73. The Bertz CT molecular complexity index is 829. The van der Waals surface area contributed by atoms with Gasteiger partial charge in [0.15, 0.2) is 0 Å². The van der Waals surface area contributed by atoms with Crippen molar-refractivity contribution in [3.05, 3.63) is 77.5 Å². The minimum absolute atomic E-state index is 0.402. The largest absolute Gasteiger partial charge is 0.416 e. The van der Waals surface area contributed by atoms with E-state index in [9.17, 15) is 13.2 Å². The van der Waals surface area contributed by atoms with Gasteiger partial charge < -0.3 is 0 Å². The van der Waals surface area contributed by atoms with E-state index in [4.69, 9.17) is 0 Å². The Kier molecular flexibility index (Phi) is 4.66. The summed E-state index contributed by atoms with van der Waals surface area (Å²) in [4.78, 5) is 0. The molecule has 0 N–H and O–H groups in total. The maximum Gasteiger partial charge on any atom is 0.416 e. The number of halogens is 3. The van der Waals surface area contributed by atoms with Crippen molar-refractivity contribution in [2.45, 2.75) is 32.5 Å². The summed E-state index contributed by atoms with van der Waals surface area (Å²) >= 11 is 0. The predicted octanol–water partition coefficient (Wildman–Crippen LogP) is 5.54. The van der Waals surface area contributed by atoms with Crippen molar-refractivity contribution in [3.8, 4) is 11.3 Å². The summed E-state index contributed by atoms with van der Waals surface area (Å²) in [5.74, 6) is 0.468. The maximum absolute atomic E-state index is 12.6. The molecule has 3 aromatic rings. The van der Waals surface area contributed by atoms with Crippen LogP contribution in [0.25, 0.3) is 11.3 Å². The number of alkyl halides is 3. The second kappa shape index (κ2) is 6.75. The third-order valence-corrected chi connectivity index (χ3v) is 4.06. The van der Waals surface area contributed by atoms with E-state index in [-0.39, 0.29) is 0 Å². The molecule has 0 amide bonds. The van der Waals surface area contributed by atoms with Crippen LogP contribution in [-0.2, 0) is 12.7 Å². The van der Waals surface area contributed by atoms with E-state index in [1.165, 1.54) is 17.7 Å². The highest BCUT2D eigenvalue weighted by atomic mass is 19.4. The first-order chi connectivity index (χ1) is 11.8. The highest BCUT2D eigenvalue weighted by Gasteiger charge is 2.29. The quantitative estimate of drug-likeness (QED) is 0.608. The van der Waals surface area contributed by atoms with Gasteiger partial charge in [-0.15, -0.1) is 0 Å². The van der Waals surface area contributed by atoms with Gasteiger partial charge in [0.1, 0.15) is 5.69 Å². The fourth-order valence-corrected chi connectivity index (χ4v) is 2.56. The van der Waals surface area contributed by atoms with Crippen LogP contribution in [0.3, 0.4) is 0 Å². The molecule has 129 valence electrons. The van der Waals surface area contributed by atoms with Crippen molar-refractivity contribution in [3.63, 3.8) is 0 Å². The topological polar surface area (TPSA) is 17.8 Å². The molecule has 0 aliphatic heterocycles. The van der Waals surface area contributed by atoms with Crippen molar-refractivity contribution < 1.29 is 13.2 Å². The van der Waals surface area contributed by atoms with Gasteiger partial charge in [0.05, 0.1) is 12.1 Å². The van der Waals surface area contributed by atoms with E-state index >= 15 is 0 Å². The monoisotopic (exact) mass is 343 g/mol. The normalized spacial score (nSPS) is 11.9. The van der Waals surface area contributed by atoms with E-state index in [2.05, 4.69) is 37.1 Å². The highest BCUT2D eigenvalue weighted by molar-refractivity contribution is 5.58. The molecular weight excluding hydrogens is 325 g/mol. The fraction of sp³-hybridized carbons (Fsp3) is 0.250. The zero-order valence-electron chi connectivity index (χ0n) is 14.0. The van der Waals surface area contributed by atoms with Gasteiger partial charge in [-0.05, 0) is 29.2 Å². The molecular formula is C20H18F3N2. The lowest BCUT2D eigenvalue weighted by Crippen LogP contribution is -2.05. The Morgan fingerprint density at radius 2 is 1.64 bits per heavy atom. The minimum Gasteiger partial charge on any atom is -0.267 e. The summed E-state index contributed by atoms with van der Waals surface area (Å²) in [5, 5.41) is 4.46. The molecule has 0 aliphatic carbocycles. The second-order valence-corrected chi connectivity index (χ2v) is 6.29. The number of nitrogens with zero attached hydrogens (tertiary/aromatic N) is 2. The van der Waals surface area contributed by atoms with Crippen LogP contribution in [0.15, 0.2) is 54.7 Å². The van der Waals surface area contributed by atoms with Gasteiger partial charge in [-0.1, -0.05) is 50.2 Å². The van der Waals surface area contributed by atoms with Crippen molar-refractivity contribution >= 4 is 0 Å². The summed E-state index contributed by atoms with van der Waals surface area (Å²) < 4.78 is 39.5. The van der Waals surface area contributed by atoms with Crippen LogP contribution in [0.5, 0.6) is 0 Å². The molecule has 3 rings (SSSR count). The molecule has 0 aliphatic rings. The van der Waals surface area contributed by atoms with Crippen molar-refractivity contribution in [2.75, 3.05) is 0 Å². The van der Waals surface area contributed by atoms with E-state index in [0.717, 1.165) is 29.0 Å². The van der Waals surface area contributed by atoms with Gasteiger partial charge in [-0.25, -0.2) is 0 Å². The highest BCUT2D eigenvalue weighted by Crippen LogP contribution is 2.29. The van der Waals surface area contributed by atoms with Crippen LogP contribution in [0, 0.1) is 6.07 Å². The van der Waals surface area contributed by atoms with Gasteiger partial charge in [0.25, 0.3) is 0 Å². The lowest BCUT2D eigenvalue weighted by atomic mass is 10.0. The van der Waals surface area contributed by atoms with Crippen LogP contribution < -0.4 is 0 Å². The predicted molar refractivity (Wildman–Crippen MR) is 91.1 cm³/mol. The Morgan fingerprint density at radius 3 is 2.20 bits per heavy atom. The molecule has 2 nitrogen and oxygen atoms in total.